The predicted molar refractivity (Wildman–Crippen MR) is 82.4 cm³/mol. The molecule has 0 saturated carbocycles. The van der Waals surface area contributed by atoms with Crippen molar-refractivity contribution in [1.82, 2.24) is 20.6 Å². The minimum Gasteiger partial charge on any atom is -0.481 e. The Labute approximate surface area is 130 Å². The first-order valence-electron chi connectivity index (χ1n) is 7.64. The number of rotatable bonds is 8. The van der Waals surface area contributed by atoms with Gasteiger partial charge >= 0.3 is 5.97 Å². The number of aromatic nitrogens is 4. The van der Waals surface area contributed by atoms with Crippen LogP contribution in [-0.4, -0.2) is 31.7 Å². The standard InChI is InChI=1S/C16H22N4O2/c1-3-7-13(16(21)22)14(15-17-19-20-18-15)10-11(2)12-8-5-4-6-9-12/h4-6,8-9,11,13-14H,3,7,10H2,1-2H3,(H,21,22)(H,17,18,19,20). The summed E-state index contributed by atoms with van der Waals surface area (Å²) in [5.41, 5.74) is 1.19. The fraction of sp³-hybridized carbons (Fsp3) is 0.500. The van der Waals surface area contributed by atoms with Gasteiger partial charge in [-0.25, -0.2) is 0 Å². The van der Waals surface area contributed by atoms with E-state index in [2.05, 4.69) is 39.7 Å². The topological polar surface area (TPSA) is 91.8 Å². The smallest absolute Gasteiger partial charge is 0.307 e. The van der Waals surface area contributed by atoms with Gasteiger partial charge in [0.2, 0.25) is 0 Å². The molecule has 0 radical (unpaired) electrons. The number of nitrogens with one attached hydrogen (secondary N) is 1. The number of nitrogens with zero attached hydrogens (tertiary/aromatic N) is 3. The summed E-state index contributed by atoms with van der Waals surface area (Å²) in [7, 11) is 0. The molecule has 2 aromatic rings. The van der Waals surface area contributed by atoms with E-state index in [1.165, 1.54) is 5.56 Å². The lowest BCUT2D eigenvalue weighted by atomic mass is 9.80. The van der Waals surface area contributed by atoms with Gasteiger partial charge in [-0.2, -0.15) is 5.21 Å². The molecule has 2 N–H and O–H groups in total. The molecule has 0 amide bonds. The van der Waals surface area contributed by atoms with E-state index in [-0.39, 0.29) is 11.8 Å². The van der Waals surface area contributed by atoms with Crippen LogP contribution in [0.4, 0.5) is 0 Å². The van der Waals surface area contributed by atoms with Crippen LogP contribution >= 0.6 is 0 Å². The second-order valence-electron chi connectivity index (χ2n) is 5.66. The van der Waals surface area contributed by atoms with Crippen molar-refractivity contribution in [2.24, 2.45) is 5.92 Å². The van der Waals surface area contributed by atoms with Crippen molar-refractivity contribution < 1.29 is 9.90 Å². The van der Waals surface area contributed by atoms with Crippen molar-refractivity contribution in [2.45, 2.75) is 44.9 Å². The van der Waals surface area contributed by atoms with Crippen molar-refractivity contribution >= 4 is 5.97 Å². The van der Waals surface area contributed by atoms with E-state index in [0.717, 1.165) is 6.42 Å². The van der Waals surface area contributed by atoms with Crippen LogP contribution in [0.3, 0.4) is 0 Å². The minimum absolute atomic E-state index is 0.225. The van der Waals surface area contributed by atoms with Gasteiger partial charge in [-0.05, 0) is 24.3 Å². The van der Waals surface area contributed by atoms with Crippen molar-refractivity contribution in [3.8, 4) is 0 Å². The molecule has 1 aromatic carbocycles. The molecule has 6 heteroatoms. The predicted octanol–water partition coefficient (Wildman–Crippen LogP) is 2.98. The number of hydrogen-bond donors (Lipinski definition) is 2. The van der Waals surface area contributed by atoms with Crippen LogP contribution in [0.5, 0.6) is 0 Å². The molecule has 3 unspecified atom stereocenters. The highest BCUT2D eigenvalue weighted by Crippen LogP contribution is 2.35. The summed E-state index contributed by atoms with van der Waals surface area (Å²) in [6.07, 6.45) is 2.10. The van der Waals surface area contributed by atoms with Crippen LogP contribution in [-0.2, 0) is 4.79 Å². The summed E-state index contributed by atoms with van der Waals surface area (Å²) >= 11 is 0. The van der Waals surface area contributed by atoms with Gasteiger partial charge in [0.25, 0.3) is 0 Å². The molecular formula is C16H22N4O2. The molecule has 0 fully saturated rings. The number of benzene rings is 1. The molecule has 0 spiro atoms. The number of carbonyl (C=O) groups is 1. The Morgan fingerprint density at radius 1 is 1.32 bits per heavy atom. The van der Waals surface area contributed by atoms with Crippen molar-refractivity contribution in [3.05, 3.63) is 41.7 Å². The Kier molecular flexibility index (Phi) is 5.63. The second-order valence-corrected chi connectivity index (χ2v) is 5.66. The third-order valence-corrected chi connectivity index (χ3v) is 4.07. The summed E-state index contributed by atoms with van der Waals surface area (Å²) in [5.74, 6) is -0.816. The van der Waals surface area contributed by atoms with E-state index in [9.17, 15) is 9.90 Å². The van der Waals surface area contributed by atoms with Gasteiger partial charge < -0.3 is 5.11 Å². The summed E-state index contributed by atoms with van der Waals surface area (Å²) in [4.78, 5) is 11.7. The summed E-state index contributed by atoms with van der Waals surface area (Å²) in [6, 6.07) is 10.1. The lowest BCUT2D eigenvalue weighted by Gasteiger charge is -2.24. The number of aliphatic carboxylic acids is 1. The summed E-state index contributed by atoms with van der Waals surface area (Å²) in [6.45, 7) is 4.09. The molecular weight excluding hydrogens is 280 g/mol. The quantitative estimate of drug-likeness (QED) is 0.782. The van der Waals surface area contributed by atoms with E-state index >= 15 is 0 Å². The monoisotopic (exact) mass is 302 g/mol. The molecule has 0 aliphatic rings. The lowest BCUT2D eigenvalue weighted by molar-refractivity contribution is -0.143. The zero-order valence-electron chi connectivity index (χ0n) is 12.9. The van der Waals surface area contributed by atoms with Crippen molar-refractivity contribution in [2.75, 3.05) is 0 Å². The molecule has 118 valence electrons. The number of H-pyrrole nitrogens is 1. The Morgan fingerprint density at radius 3 is 2.59 bits per heavy atom. The molecule has 1 heterocycles. The first-order valence-corrected chi connectivity index (χ1v) is 7.64. The molecule has 2 rings (SSSR count). The van der Waals surface area contributed by atoms with E-state index in [4.69, 9.17) is 0 Å². The normalized spacial score (nSPS) is 15.2. The first-order chi connectivity index (χ1) is 10.6. The average Bonchev–Trinajstić information content (AvgIpc) is 3.05. The second kappa shape index (κ2) is 7.68. The highest BCUT2D eigenvalue weighted by atomic mass is 16.4. The van der Waals surface area contributed by atoms with Crippen LogP contribution in [0.25, 0.3) is 0 Å². The maximum Gasteiger partial charge on any atom is 0.307 e. The van der Waals surface area contributed by atoms with Gasteiger partial charge in [0.1, 0.15) is 0 Å². The van der Waals surface area contributed by atoms with Crippen LogP contribution in [0, 0.1) is 5.92 Å². The molecule has 0 bridgehead atoms. The van der Waals surface area contributed by atoms with Crippen molar-refractivity contribution in [1.29, 1.82) is 0 Å². The summed E-state index contributed by atoms with van der Waals surface area (Å²) < 4.78 is 0. The molecule has 0 aliphatic carbocycles. The third-order valence-electron chi connectivity index (χ3n) is 4.07. The third kappa shape index (κ3) is 3.90. The van der Waals surface area contributed by atoms with Gasteiger partial charge in [-0.3, -0.25) is 4.79 Å². The molecule has 22 heavy (non-hydrogen) atoms. The number of tetrazole rings is 1. The van der Waals surface area contributed by atoms with Crippen LogP contribution in [0.1, 0.15) is 56.3 Å². The number of hydrogen-bond acceptors (Lipinski definition) is 4. The summed E-state index contributed by atoms with van der Waals surface area (Å²) in [5, 5.41) is 23.7. The maximum absolute atomic E-state index is 11.7. The van der Waals surface area contributed by atoms with Gasteiger partial charge in [0.05, 0.1) is 5.92 Å². The lowest BCUT2D eigenvalue weighted by Crippen LogP contribution is -2.24. The van der Waals surface area contributed by atoms with Crippen LogP contribution in [0.15, 0.2) is 30.3 Å². The van der Waals surface area contributed by atoms with Crippen LogP contribution in [0.2, 0.25) is 0 Å². The van der Waals surface area contributed by atoms with Gasteiger partial charge in [0.15, 0.2) is 5.82 Å². The molecule has 0 saturated heterocycles. The van der Waals surface area contributed by atoms with Crippen molar-refractivity contribution in [3.63, 3.8) is 0 Å². The Morgan fingerprint density at radius 2 is 2.05 bits per heavy atom. The number of carboxylic acids is 1. The molecule has 3 atom stereocenters. The van der Waals surface area contributed by atoms with Crippen LogP contribution < -0.4 is 0 Å². The van der Waals surface area contributed by atoms with E-state index < -0.39 is 11.9 Å². The largest absolute Gasteiger partial charge is 0.481 e. The number of aromatic amines is 1. The Hall–Kier alpha value is -2.24. The molecule has 1 aromatic heterocycles. The average molecular weight is 302 g/mol. The first kappa shape index (κ1) is 16.1. The fourth-order valence-electron chi connectivity index (χ4n) is 2.88. The maximum atomic E-state index is 11.7. The Balaban J connectivity index is 2.23. The SMILES string of the molecule is CCCC(C(=O)O)C(CC(C)c1ccccc1)c1nn[nH]n1. The van der Waals surface area contributed by atoms with E-state index in [1.54, 1.807) is 0 Å². The highest BCUT2D eigenvalue weighted by Gasteiger charge is 2.33. The number of carboxylic acid groups (broad SMARTS) is 1. The Bertz CT molecular complexity index is 571. The molecule has 6 nitrogen and oxygen atoms in total. The fourth-order valence-corrected chi connectivity index (χ4v) is 2.88. The van der Waals surface area contributed by atoms with E-state index in [1.807, 2.05) is 25.1 Å². The van der Waals surface area contributed by atoms with Gasteiger partial charge in [-0.15, -0.1) is 10.2 Å². The minimum atomic E-state index is -0.795. The zero-order valence-corrected chi connectivity index (χ0v) is 12.9. The van der Waals surface area contributed by atoms with Gasteiger partial charge in [-0.1, -0.05) is 55.8 Å². The van der Waals surface area contributed by atoms with E-state index in [0.29, 0.717) is 18.7 Å². The van der Waals surface area contributed by atoms with Gasteiger partial charge in [0, 0.05) is 5.92 Å². The molecule has 0 aliphatic heterocycles. The highest BCUT2D eigenvalue weighted by molar-refractivity contribution is 5.71. The zero-order chi connectivity index (χ0) is 15.9.